The van der Waals surface area contributed by atoms with Gasteiger partial charge in [0, 0.05) is 60.8 Å². The fourth-order valence-electron chi connectivity index (χ4n) is 9.74. The van der Waals surface area contributed by atoms with Gasteiger partial charge in [-0.25, -0.2) is 0 Å². The zero-order valence-corrected chi connectivity index (χ0v) is 37.3. The van der Waals surface area contributed by atoms with Gasteiger partial charge in [0.1, 0.15) is 23.9 Å². The Bertz CT molecular complexity index is 2550. The summed E-state index contributed by atoms with van der Waals surface area (Å²) in [6, 6.07) is 34.3. The molecule has 0 aromatic heterocycles. The number of unbranched alkanes of at least 4 members (excludes halogenated alkanes) is 2. The highest BCUT2D eigenvalue weighted by Gasteiger charge is 2.64. The van der Waals surface area contributed by atoms with Gasteiger partial charge >= 0.3 is 0 Å². The van der Waals surface area contributed by atoms with Crippen molar-refractivity contribution >= 4 is 45.5 Å². The van der Waals surface area contributed by atoms with Crippen LogP contribution in [0, 0.1) is 27.9 Å². The number of allylic oxidation sites excluding steroid dienone is 1. The highest BCUT2D eigenvalue weighted by Crippen LogP contribution is 2.63. The molecule has 1 aliphatic heterocycles. The number of thioether (sulfide) groups is 1. The molecule has 1 heterocycles. The Morgan fingerprint density at radius 1 is 0.938 bits per heavy atom. The molecule has 0 radical (unpaired) electrons. The monoisotopic (exact) mass is 897 g/mol. The van der Waals surface area contributed by atoms with E-state index in [9.17, 15) is 25.1 Å². The first kappa shape index (κ1) is 45.6. The summed E-state index contributed by atoms with van der Waals surface area (Å²) >= 11 is 1.61. The van der Waals surface area contributed by atoms with Crippen LogP contribution in [0.25, 0.3) is 10.8 Å². The van der Waals surface area contributed by atoms with Crippen molar-refractivity contribution < 1.29 is 39.0 Å². The standard InChI is InChI=1S/C52H55N3O9S/c1-3-28-61-52-49(65-43-23-17-39(18-24-43)53-34(2)58)32-47(54-62-33-35-14-19-40(20-15-35)55(59)60)45-30-38(12-6-8-26-56)44(13-7-9-27-57)50(51(45)52)46-31-42(22-25-48(46)64-52)63-41-21-16-36-10-4-5-11-37(36)29-41/h3-5,10-11,14-25,29-31,38,44,49-51,56-57H,1,6-9,12-13,26-28,32-33H2,2H3,(H,53,58). The number of aliphatic hydroxyl groups excluding tert-OH is 2. The first-order valence-electron chi connectivity index (χ1n) is 22.3. The summed E-state index contributed by atoms with van der Waals surface area (Å²) < 4.78 is 21.1. The number of nitro benzene ring substituents is 1. The number of aliphatic hydroxyl groups is 2. The molecule has 8 rings (SSSR count). The van der Waals surface area contributed by atoms with Crippen LogP contribution in [0.15, 0.2) is 144 Å². The Labute approximate surface area is 383 Å². The van der Waals surface area contributed by atoms with E-state index in [1.54, 1.807) is 30.0 Å². The third-order valence-corrected chi connectivity index (χ3v) is 13.9. The SMILES string of the molecule is C=CCOC12Oc3ccc(Oc4ccc5ccccc5c4)cc3C3C(CCCCO)C(CCCCO)C=C(C(=NOCc4ccc([N+](=O)[O-])cc4)CC1Sc1ccc(NC(C)=O)cc1)C32. The highest BCUT2D eigenvalue weighted by molar-refractivity contribution is 8.00. The van der Waals surface area contributed by atoms with Crippen LogP contribution in [0.1, 0.15) is 68.9 Å². The molecule has 338 valence electrons. The Morgan fingerprint density at radius 2 is 1.66 bits per heavy atom. The van der Waals surface area contributed by atoms with Crippen LogP contribution in [0.4, 0.5) is 11.4 Å². The Hall–Kier alpha value is -5.99. The smallest absolute Gasteiger partial charge is 0.269 e. The van der Waals surface area contributed by atoms with Gasteiger partial charge < -0.3 is 34.6 Å². The molecular formula is C52H55N3O9S. The predicted molar refractivity (Wildman–Crippen MR) is 253 cm³/mol. The number of benzene rings is 5. The molecule has 2 aliphatic carbocycles. The minimum Gasteiger partial charge on any atom is -0.460 e. The van der Waals surface area contributed by atoms with Crippen molar-refractivity contribution in [2.24, 2.45) is 22.9 Å². The number of nitro groups is 1. The Balaban J connectivity index is 1.27. The fourth-order valence-corrected chi connectivity index (χ4v) is 11.0. The molecule has 5 aromatic carbocycles. The van der Waals surface area contributed by atoms with Gasteiger partial charge in [-0.1, -0.05) is 60.5 Å². The molecule has 5 aromatic rings. The average molecular weight is 898 g/mol. The largest absolute Gasteiger partial charge is 0.460 e. The van der Waals surface area contributed by atoms with E-state index in [1.165, 1.54) is 19.1 Å². The van der Waals surface area contributed by atoms with Gasteiger partial charge in [-0.15, -0.1) is 18.3 Å². The molecule has 0 saturated heterocycles. The van der Waals surface area contributed by atoms with E-state index in [0.717, 1.165) is 63.8 Å². The van der Waals surface area contributed by atoms with Crippen LogP contribution in [-0.4, -0.2) is 57.6 Å². The van der Waals surface area contributed by atoms with E-state index in [1.807, 2.05) is 60.7 Å². The number of ether oxygens (including phenoxy) is 3. The van der Waals surface area contributed by atoms with E-state index in [-0.39, 0.29) is 66.9 Å². The minimum absolute atomic E-state index is 0.00392. The van der Waals surface area contributed by atoms with Crippen molar-refractivity contribution in [2.75, 3.05) is 25.1 Å². The number of amides is 1. The van der Waals surface area contributed by atoms with Gasteiger partial charge in [0.15, 0.2) is 0 Å². The molecule has 3 N–H and O–H groups in total. The second-order valence-corrected chi connectivity index (χ2v) is 18.2. The van der Waals surface area contributed by atoms with Crippen molar-refractivity contribution in [3.63, 3.8) is 0 Å². The summed E-state index contributed by atoms with van der Waals surface area (Å²) in [5, 5.41) is 40.9. The van der Waals surface area contributed by atoms with E-state index in [2.05, 4.69) is 42.2 Å². The summed E-state index contributed by atoms with van der Waals surface area (Å²) in [6.45, 7) is 6.03. The van der Waals surface area contributed by atoms with Gasteiger partial charge in [0.05, 0.1) is 28.4 Å². The first-order valence-corrected chi connectivity index (χ1v) is 23.2. The maximum atomic E-state index is 11.9. The molecule has 12 nitrogen and oxygen atoms in total. The quantitative estimate of drug-likeness (QED) is 0.0297. The maximum Gasteiger partial charge on any atom is 0.269 e. The first-order chi connectivity index (χ1) is 31.7. The van der Waals surface area contributed by atoms with Crippen molar-refractivity contribution in [3.8, 4) is 17.2 Å². The van der Waals surface area contributed by atoms with Crippen LogP contribution in [-0.2, 0) is 21.0 Å². The number of non-ortho nitro benzene ring substituents is 1. The zero-order valence-electron chi connectivity index (χ0n) is 36.5. The summed E-state index contributed by atoms with van der Waals surface area (Å²) in [4.78, 5) is 29.9. The van der Waals surface area contributed by atoms with E-state index in [0.29, 0.717) is 42.2 Å². The number of nitrogens with zero attached hydrogens (tertiary/aromatic N) is 2. The number of hydrogen-bond donors (Lipinski definition) is 3. The maximum absolute atomic E-state index is 11.9. The summed E-state index contributed by atoms with van der Waals surface area (Å²) in [5.41, 5.74) is 4.14. The molecule has 1 saturated carbocycles. The Morgan fingerprint density at radius 3 is 2.38 bits per heavy atom. The summed E-state index contributed by atoms with van der Waals surface area (Å²) in [6.07, 6.45) is 9.11. The molecule has 0 spiro atoms. The van der Waals surface area contributed by atoms with Crippen LogP contribution < -0.4 is 14.8 Å². The third-order valence-electron chi connectivity index (χ3n) is 12.6. The predicted octanol–water partition coefficient (Wildman–Crippen LogP) is 11.1. The van der Waals surface area contributed by atoms with E-state index < -0.39 is 10.7 Å². The van der Waals surface area contributed by atoms with Crippen LogP contribution in [0.3, 0.4) is 0 Å². The number of carbonyl (C=O) groups is 1. The van der Waals surface area contributed by atoms with Gasteiger partial charge in [-0.3, -0.25) is 14.9 Å². The van der Waals surface area contributed by atoms with E-state index in [4.69, 9.17) is 24.2 Å². The number of oxime groups is 1. The molecule has 6 unspecified atom stereocenters. The van der Waals surface area contributed by atoms with Crippen molar-refractivity contribution in [1.29, 1.82) is 0 Å². The lowest BCUT2D eigenvalue weighted by Crippen LogP contribution is -2.64. The molecular weight excluding hydrogens is 843 g/mol. The van der Waals surface area contributed by atoms with Crippen molar-refractivity contribution in [2.45, 2.75) is 80.3 Å². The second kappa shape index (κ2) is 20.9. The number of hydrogen-bond acceptors (Lipinski definition) is 11. The average Bonchev–Trinajstić information content (AvgIpc) is 3.31. The molecule has 13 heteroatoms. The fraction of sp³-hybridized carbons (Fsp3) is 0.346. The molecule has 65 heavy (non-hydrogen) atoms. The molecule has 0 bridgehead atoms. The number of rotatable bonds is 20. The number of nitrogens with one attached hydrogen (secondary N) is 1. The molecule has 1 fully saturated rings. The van der Waals surface area contributed by atoms with Gasteiger partial charge in [-0.2, -0.15) is 0 Å². The van der Waals surface area contributed by atoms with Crippen LogP contribution >= 0.6 is 11.8 Å². The minimum atomic E-state index is -1.22. The molecule has 6 atom stereocenters. The van der Waals surface area contributed by atoms with Crippen LogP contribution in [0.5, 0.6) is 17.2 Å². The van der Waals surface area contributed by atoms with Crippen LogP contribution in [0.2, 0.25) is 0 Å². The summed E-state index contributed by atoms with van der Waals surface area (Å²) in [5.74, 6) is 0.329. The van der Waals surface area contributed by atoms with E-state index >= 15 is 0 Å². The zero-order chi connectivity index (χ0) is 45.3. The van der Waals surface area contributed by atoms with Crippen molar-refractivity contribution in [1.82, 2.24) is 0 Å². The second-order valence-electron chi connectivity index (χ2n) is 16.9. The summed E-state index contributed by atoms with van der Waals surface area (Å²) in [7, 11) is 0. The lowest BCUT2D eigenvalue weighted by atomic mass is 9.56. The topological polar surface area (TPSA) is 162 Å². The Kier molecular flexibility index (Phi) is 14.6. The number of carbonyl (C=O) groups excluding carboxylic acids is 1. The number of fused-ring (bicyclic) bond motifs is 3. The molecule has 3 aliphatic rings. The lowest BCUT2D eigenvalue weighted by molar-refractivity contribution is -0.384. The highest BCUT2D eigenvalue weighted by atomic mass is 32.2. The normalized spacial score (nSPS) is 22.5. The van der Waals surface area contributed by atoms with Gasteiger partial charge in [-0.05, 0) is 126 Å². The van der Waals surface area contributed by atoms with Gasteiger partial charge in [0.2, 0.25) is 11.7 Å². The van der Waals surface area contributed by atoms with Gasteiger partial charge in [0.25, 0.3) is 5.69 Å². The lowest BCUT2D eigenvalue weighted by Gasteiger charge is -2.58. The van der Waals surface area contributed by atoms with Crippen molar-refractivity contribution in [3.05, 3.63) is 155 Å². The number of anilines is 1. The third kappa shape index (κ3) is 10.3. The molecule has 1 amide bonds.